The number of H-pyrrole nitrogens is 1. The maximum atomic E-state index is 13.4. The maximum Gasteiger partial charge on any atom is 0.330 e. The number of benzene rings is 1. The summed E-state index contributed by atoms with van der Waals surface area (Å²) in [6, 6.07) is 3.42. The SMILES string of the molecule is CCCCn1c(N)c(N(CCC(C)C)C(=O)c2ccc(F)cc2Cl)c(=O)[nH]c1=O. The van der Waals surface area contributed by atoms with Crippen molar-refractivity contribution in [1.29, 1.82) is 0 Å². The second kappa shape index (κ2) is 9.73. The highest BCUT2D eigenvalue weighted by Gasteiger charge is 2.26. The van der Waals surface area contributed by atoms with Crippen LogP contribution in [0.3, 0.4) is 0 Å². The van der Waals surface area contributed by atoms with E-state index in [2.05, 4.69) is 4.98 Å². The number of unbranched alkanes of at least 4 members (excludes halogenated alkanes) is 1. The van der Waals surface area contributed by atoms with E-state index in [0.717, 1.165) is 18.6 Å². The molecular weight excluding hydrogens is 399 g/mol. The minimum Gasteiger partial charge on any atom is -0.383 e. The van der Waals surface area contributed by atoms with E-state index in [4.69, 9.17) is 17.3 Å². The van der Waals surface area contributed by atoms with Gasteiger partial charge in [-0.2, -0.15) is 0 Å². The number of nitrogens with zero attached hydrogens (tertiary/aromatic N) is 2. The van der Waals surface area contributed by atoms with E-state index >= 15 is 0 Å². The summed E-state index contributed by atoms with van der Waals surface area (Å²) >= 11 is 6.06. The van der Waals surface area contributed by atoms with Crippen LogP contribution < -0.4 is 21.9 Å². The number of rotatable bonds is 8. The number of nitrogens with one attached hydrogen (secondary N) is 1. The zero-order valence-electron chi connectivity index (χ0n) is 16.8. The van der Waals surface area contributed by atoms with Crippen LogP contribution in [-0.4, -0.2) is 22.0 Å². The van der Waals surface area contributed by atoms with E-state index in [1.807, 2.05) is 20.8 Å². The molecule has 1 amide bonds. The third kappa shape index (κ3) is 5.26. The third-order valence-electron chi connectivity index (χ3n) is 4.56. The van der Waals surface area contributed by atoms with Gasteiger partial charge >= 0.3 is 5.69 Å². The number of nitrogen functional groups attached to an aromatic ring is 1. The Hall–Kier alpha value is -2.61. The molecule has 2 rings (SSSR count). The van der Waals surface area contributed by atoms with Crippen molar-refractivity contribution >= 4 is 29.0 Å². The molecule has 0 unspecified atom stereocenters. The van der Waals surface area contributed by atoms with Crippen LogP contribution in [0.4, 0.5) is 15.9 Å². The van der Waals surface area contributed by atoms with Crippen LogP contribution in [0.15, 0.2) is 27.8 Å². The summed E-state index contributed by atoms with van der Waals surface area (Å²) in [5, 5.41) is -0.0705. The number of anilines is 2. The smallest absolute Gasteiger partial charge is 0.330 e. The summed E-state index contributed by atoms with van der Waals surface area (Å²) in [4.78, 5) is 41.5. The molecule has 0 fully saturated rings. The first kappa shape index (κ1) is 22.7. The molecule has 158 valence electrons. The fraction of sp³-hybridized carbons (Fsp3) is 0.450. The largest absolute Gasteiger partial charge is 0.383 e. The van der Waals surface area contributed by atoms with Crippen LogP contribution in [-0.2, 0) is 6.54 Å². The first-order valence-corrected chi connectivity index (χ1v) is 9.94. The fourth-order valence-corrected chi connectivity index (χ4v) is 3.14. The zero-order chi connectivity index (χ0) is 21.7. The van der Waals surface area contributed by atoms with Gasteiger partial charge < -0.3 is 10.6 Å². The highest BCUT2D eigenvalue weighted by molar-refractivity contribution is 6.34. The molecule has 0 aliphatic heterocycles. The first-order chi connectivity index (χ1) is 13.7. The Morgan fingerprint density at radius 2 is 2.03 bits per heavy atom. The van der Waals surface area contributed by atoms with Gasteiger partial charge in [0.25, 0.3) is 11.5 Å². The van der Waals surface area contributed by atoms with Crippen molar-refractivity contribution in [3.05, 3.63) is 55.4 Å². The summed E-state index contributed by atoms with van der Waals surface area (Å²) in [6.07, 6.45) is 2.08. The first-order valence-electron chi connectivity index (χ1n) is 9.56. The monoisotopic (exact) mass is 424 g/mol. The Morgan fingerprint density at radius 3 is 2.62 bits per heavy atom. The second-order valence-electron chi connectivity index (χ2n) is 7.26. The third-order valence-corrected chi connectivity index (χ3v) is 4.87. The molecule has 0 aliphatic carbocycles. The molecular formula is C20H26ClFN4O3. The van der Waals surface area contributed by atoms with Crippen LogP contribution in [0.1, 0.15) is 50.4 Å². The number of carbonyl (C=O) groups is 1. The average Bonchev–Trinajstić information content (AvgIpc) is 2.63. The van der Waals surface area contributed by atoms with Gasteiger partial charge in [0, 0.05) is 13.1 Å². The van der Waals surface area contributed by atoms with Crippen molar-refractivity contribution in [2.24, 2.45) is 5.92 Å². The molecule has 7 nitrogen and oxygen atoms in total. The van der Waals surface area contributed by atoms with Crippen molar-refractivity contribution in [2.75, 3.05) is 17.2 Å². The van der Waals surface area contributed by atoms with Gasteiger partial charge in [0.15, 0.2) is 5.69 Å². The summed E-state index contributed by atoms with van der Waals surface area (Å²) in [5.74, 6) is -1.01. The summed E-state index contributed by atoms with van der Waals surface area (Å²) in [5.41, 5.74) is 4.73. The molecule has 0 aliphatic rings. The Morgan fingerprint density at radius 1 is 1.34 bits per heavy atom. The van der Waals surface area contributed by atoms with E-state index in [9.17, 15) is 18.8 Å². The summed E-state index contributed by atoms with van der Waals surface area (Å²) < 4.78 is 14.7. The van der Waals surface area contributed by atoms with Gasteiger partial charge in [0.2, 0.25) is 0 Å². The minimum atomic E-state index is -0.754. The molecule has 0 saturated heterocycles. The van der Waals surface area contributed by atoms with Crippen molar-refractivity contribution in [2.45, 2.75) is 46.6 Å². The lowest BCUT2D eigenvalue weighted by Crippen LogP contribution is -2.42. The molecule has 2 aromatic rings. The molecule has 1 heterocycles. The molecule has 0 radical (unpaired) electrons. The molecule has 9 heteroatoms. The summed E-state index contributed by atoms with van der Waals surface area (Å²) in [7, 11) is 0. The van der Waals surface area contributed by atoms with Gasteiger partial charge in [-0.25, -0.2) is 9.18 Å². The molecule has 29 heavy (non-hydrogen) atoms. The van der Waals surface area contributed by atoms with Crippen molar-refractivity contribution in [3.63, 3.8) is 0 Å². The molecule has 1 aromatic carbocycles. The number of hydrogen-bond donors (Lipinski definition) is 2. The molecule has 1 aromatic heterocycles. The average molecular weight is 425 g/mol. The van der Waals surface area contributed by atoms with Crippen LogP contribution >= 0.6 is 11.6 Å². The van der Waals surface area contributed by atoms with Crippen LogP contribution in [0.25, 0.3) is 0 Å². The second-order valence-corrected chi connectivity index (χ2v) is 7.67. The number of nitrogens with two attached hydrogens (primary N) is 1. The van der Waals surface area contributed by atoms with E-state index in [0.29, 0.717) is 19.4 Å². The Bertz CT molecular complexity index is 1000. The van der Waals surface area contributed by atoms with E-state index < -0.39 is 23.0 Å². The van der Waals surface area contributed by atoms with Gasteiger partial charge in [-0.15, -0.1) is 0 Å². The van der Waals surface area contributed by atoms with Gasteiger partial charge in [-0.3, -0.25) is 19.1 Å². The number of hydrogen-bond acceptors (Lipinski definition) is 4. The van der Waals surface area contributed by atoms with Gasteiger partial charge in [0.05, 0.1) is 10.6 Å². The number of halogens is 2. The number of aromatic amines is 1. The highest BCUT2D eigenvalue weighted by atomic mass is 35.5. The number of amides is 1. The van der Waals surface area contributed by atoms with Gasteiger partial charge in [0.1, 0.15) is 11.6 Å². The predicted octanol–water partition coefficient (Wildman–Crippen LogP) is 3.40. The van der Waals surface area contributed by atoms with E-state index in [-0.39, 0.29) is 34.6 Å². The standard InChI is InChI=1S/C20H26ClFN4O3/c1-4-5-9-26-17(23)16(18(27)24-20(26)29)25(10-8-12(2)3)19(28)14-7-6-13(22)11-15(14)21/h6-7,11-12H,4-5,8-10,23H2,1-3H3,(H,24,27,29). The van der Waals surface area contributed by atoms with E-state index in [1.165, 1.54) is 15.5 Å². The number of carbonyl (C=O) groups excluding carboxylic acids is 1. The number of aromatic nitrogens is 2. The Kier molecular flexibility index (Phi) is 7.61. The fourth-order valence-electron chi connectivity index (χ4n) is 2.89. The quantitative estimate of drug-likeness (QED) is 0.678. The summed E-state index contributed by atoms with van der Waals surface area (Å²) in [6.45, 7) is 6.41. The molecule has 3 N–H and O–H groups in total. The maximum absolute atomic E-state index is 13.4. The highest BCUT2D eigenvalue weighted by Crippen LogP contribution is 2.25. The van der Waals surface area contributed by atoms with Crippen molar-refractivity contribution in [1.82, 2.24) is 9.55 Å². The lowest BCUT2D eigenvalue weighted by Gasteiger charge is -2.25. The normalized spacial score (nSPS) is 11.1. The van der Waals surface area contributed by atoms with Crippen LogP contribution in [0.5, 0.6) is 0 Å². The lowest BCUT2D eigenvalue weighted by molar-refractivity contribution is 0.0985. The minimum absolute atomic E-state index is 0.0435. The van der Waals surface area contributed by atoms with Gasteiger partial charge in [-0.1, -0.05) is 38.8 Å². The molecule has 0 saturated carbocycles. The predicted molar refractivity (Wildman–Crippen MR) is 113 cm³/mol. The Balaban J connectivity index is 2.62. The van der Waals surface area contributed by atoms with Crippen molar-refractivity contribution in [3.8, 4) is 0 Å². The van der Waals surface area contributed by atoms with Gasteiger partial charge in [-0.05, 0) is 37.0 Å². The van der Waals surface area contributed by atoms with Crippen molar-refractivity contribution < 1.29 is 9.18 Å². The van der Waals surface area contributed by atoms with E-state index in [1.54, 1.807) is 0 Å². The Labute approximate surface area is 173 Å². The van der Waals surface area contributed by atoms with Crippen LogP contribution in [0, 0.1) is 11.7 Å². The zero-order valence-corrected chi connectivity index (χ0v) is 17.6. The molecule has 0 bridgehead atoms. The molecule has 0 atom stereocenters. The topological polar surface area (TPSA) is 101 Å². The molecule has 0 spiro atoms. The lowest BCUT2D eigenvalue weighted by atomic mass is 10.1. The van der Waals surface area contributed by atoms with Crippen LogP contribution in [0.2, 0.25) is 5.02 Å².